The lowest BCUT2D eigenvalue weighted by atomic mass is 10.4. The lowest BCUT2D eigenvalue weighted by Crippen LogP contribution is -2.19. The summed E-state index contributed by atoms with van der Waals surface area (Å²) in [5.41, 5.74) is 0. The van der Waals surface area contributed by atoms with Crippen LogP contribution in [0.25, 0.3) is 0 Å². The van der Waals surface area contributed by atoms with Gasteiger partial charge < -0.3 is 0 Å². The third-order valence-electron chi connectivity index (χ3n) is 2.10. The molecule has 0 N–H and O–H groups in total. The Morgan fingerprint density at radius 3 is 1.42 bits per heavy atom. The van der Waals surface area contributed by atoms with Crippen LogP contribution in [0.4, 0.5) is 0 Å². The summed E-state index contributed by atoms with van der Waals surface area (Å²) < 4.78 is 0. The van der Waals surface area contributed by atoms with E-state index < -0.39 is 0 Å². The van der Waals surface area contributed by atoms with E-state index in [9.17, 15) is 0 Å². The maximum atomic E-state index is 2.35. The molecule has 0 aromatic heterocycles. The second kappa shape index (κ2) is 5.33. The molecular formula is C10H18Si2. The van der Waals surface area contributed by atoms with Crippen molar-refractivity contribution in [3.63, 3.8) is 0 Å². The fourth-order valence-corrected chi connectivity index (χ4v) is 3.74. The van der Waals surface area contributed by atoms with E-state index in [4.69, 9.17) is 0 Å². The van der Waals surface area contributed by atoms with Crippen LogP contribution >= 0.6 is 0 Å². The Kier molecular flexibility index (Phi) is 4.32. The minimum atomic E-state index is 0.0845. The highest BCUT2D eigenvalue weighted by molar-refractivity contribution is 6.55. The predicted molar refractivity (Wildman–Crippen MR) is 63.8 cm³/mol. The molecule has 0 nitrogen and oxygen atoms in total. The van der Waals surface area contributed by atoms with E-state index in [2.05, 4.69) is 38.1 Å². The van der Waals surface area contributed by atoms with Crippen LogP contribution in [0.3, 0.4) is 0 Å². The molecule has 0 spiro atoms. The summed E-state index contributed by atoms with van der Waals surface area (Å²) >= 11 is 0. The molecule has 0 aliphatic heterocycles. The molecule has 1 rings (SSSR count). The first kappa shape index (κ1) is 9.74. The third kappa shape index (κ3) is 2.95. The van der Waals surface area contributed by atoms with E-state index in [1.165, 1.54) is 12.1 Å². The summed E-state index contributed by atoms with van der Waals surface area (Å²) in [6.07, 6.45) is 0. The minimum Gasteiger partial charge on any atom is -0.0680 e. The SMILES string of the molecule is CC[SiH2]c1ccc([SiH2]CC)cc1. The van der Waals surface area contributed by atoms with Gasteiger partial charge >= 0.3 is 0 Å². The van der Waals surface area contributed by atoms with Gasteiger partial charge in [-0.05, 0) is 0 Å². The normalized spacial score (nSPS) is 12.2. The lowest BCUT2D eigenvalue weighted by molar-refractivity contribution is 1.46. The largest absolute Gasteiger partial charge is 0.0680 e. The molecule has 0 heterocycles. The molecule has 1 aromatic rings. The number of hydrogen-bond acceptors (Lipinski definition) is 0. The first-order valence-corrected chi connectivity index (χ1v) is 8.36. The van der Waals surface area contributed by atoms with Crippen molar-refractivity contribution < 1.29 is 0 Å². The molecule has 0 fully saturated rings. The van der Waals surface area contributed by atoms with E-state index in [0.29, 0.717) is 0 Å². The van der Waals surface area contributed by atoms with Crippen LogP contribution in [-0.2, 0) is 0 Å². The summed E-state index contributed by atoms with van der Waals surface area (Å²) in [4.78, 5) is 0. The van der Waals surface area contributed by atoms with E-state index in [1.54, 1.807) is 10.4 Å². The van der Waals surface area contributed by atoms with E-state index >= 15 is 0 Å². The number of hydrogen-bond donors (Lipinski definition) is 0. The molecule has 0 aliphatic rings. The Morgan fingerprint density at radius 2 is 1.17 bits per heavy atom. The fourth-order valence-electron chi connectivity index (χ4n) is 1.45. The topological polar surface area (TPSA) is 0 Å². The third-order valence-corrected chi connectivity index (χ3v) is 5.20. The van der Waals surface area contributed by atoms with Gasteiger partial charge in [-0.2, -0.15) is 0 Å². The van der Waals surface area contributed by atoms with Gasteiger partial charge in [-0.3, -0.25) is 0 Å². The zero-order valence-corrected chi connectivity index (χ0v) is 11.0. The van der Waals surface area contributed by atoms with Crippen LogP contribution in [0.15, 0.2) is 24.3 Å². The quantitative estimate of drug-likeness (QED) is 0.599. The summed E-state index contributed by atoms with van der Waals surface area (Å²) in [5.74, 6) is 0. The van der Waals surface area contributed by atoms with Crippen LogP contribution in [0, 0.1) is 0 Å². The highest BCUT2D eigenvalue weighted by Gasteiger charge is 1.93. The van der Waals surface area contributed by atoms with Crippen molar-refractivity contribution in [2.24, 2.45) is 0 Å². The second-order valence-electron chi connectivity index (χ2n) is 3.32. The van der Waals surface area contributed by atoms with Crippen molar-refractivity contribution in [1.82, 2.24) is 0 Å². The zero-order valence-electron chi connectivity index (χ0n) is 8.14. The van der Waals surface area contributed by atoms with Crippen molar-refractivity contribution in [1.29, 1.82) is 0 Å². The van der Waals surface area contributed by atoms with Gasteiger partial charge in [-0.25, -0.2) is 0 Å². The minimum absolute atomic E-state index is 0.0845. The number of benzene rings is 1. The van der Waals surface area contributed by atoms with Gasteiger partial charge in [0, 0.05) is 0 Å². The predicted octanol–water partition coefficient (Wildman–Crippen LogP) is 0.151. The van der Waals surface area contributed by atoms with Gasteiger partial charge in [0.05, 0.1) is 19.0 Å². The van der Waals surface area contributed by atoms with Gasteiger partial charge in [-0.1, -0.05) is 60.6 Å². The standard InChI is InChI=1S/C10H18Si2/c1-3-11-9-5-7-10(8-6-9)12-4-2/h5-8H,3-4,11-12H2,1-2H3. The average molecular weight is 194 g/mol. The van der Waals surface area contributed by atoms with Crippen molar-refractivity contribution in [2.45, 2.75) is 25.9 Å². The Morgan fingerprint density at radius 1 is 0.833 bits per heavy atom. The van der Waals surface area contributed by atoms with Crippen LogP contribution < -0.4 is 10.4 Å². The molecule has 12 heavy (non-hydrogen) atoms. The van der Waals surface area contributed by atoms with Crippen LogP contribution in [0.5, 0.6) is 0 Å². The molecule has 66 valence electrons. The van der Waals surface area contributed by atoms with Gasteiger partial charge in [0.2, 0.25) is 0 Å². The fraction of sp³-hybridized carbons (Fsp3) is 0.400. The second-order valence-corrected chi connectivity index (χ2v) is 7.95. The summed E-state index contributed by atoms with van der Waals surface area (Å²) in [6, 6.07) is 12.2. The van der Waals surface area contributed by atoms with Crippen molar-refractivity contribution >= 4 is 29.4 Å². The maximum Gasteiger partial charge on any atom is 0.0544 e. The van der Waals surface area contributed by atoms with E-state index in [1.807, 2.05) is 0 Å². The van der Waals surface area contributed by atoms with Gasteiger partial charge in [0.15, 0.2) is 0 Å². The monoisotopic (exact) mass is 194 g/mol. The molecule has 2 heteroatoms. The van der Waals surface area contributed by atoms with E-state index in [-0.39, 0.29) is 19.0 Å². The summed E-state index contributed by atoms with van der Waals surface area (Å²) in [6.45, 7) is 4.59. The smallest absolute Gasteiger partial charge is 0.0544 e. The molecule has 0 bridgehead atoms. The van der Waals surface area contributed by atoms with Crippen molar-refractivity contribution in [3.8, 4) is 0 Å². The summed E-state index contributed by atoms with van der Waals surface area (Å²) in [5, 5.41) is 3.26. The maximum absolute atomic E-state index is 2.35. The van der Waals surface area contributed by atoms with Crippen LogP contribution in [-0.4, -0.2) is 19.0 Å². The first-order valence-electron chi connectivity index (χ1n) is 4.94. The Bertz CT molecular complexity index is 191. The summed E-state index contributed by atoms with van der Waals surface area (Å²) in [7, 11) is 0.169. The number of rotatable bonds is 4. The van der Waals surface area contributed by atoms with Crippen LogP contribution in [0.1, 0.15) is 13.8 Å². The molecule has 0 saturated carbocycles. The van der Waals surface area contributed by atoms with Gasteiger partial charge in [-0.15, -0.1) is 0 Å². The molecular weight excluding hydrogens is 176 g/mol. The van der Waals surface area contributed by atoms with Gasteiger partial charge in [0.25, 0.3) is 0 Å². The van der Waals surface area contributed by atoms with Gasteiger partial charge in [0.1, 0.15) is 0 Å². The average Bonchev–Trinajstić information content (AvgIpc) is 2.09. The molecule has 0 aliphatic carbocycles. The zero-order chi connectivity index (χ0) is 8.81. The van der Waals surface area contributed by atoms with Crippen molar-refractivity contribution in [3.05, 3.63) is 24.3 Å². The Balaban J connectivity index is 2.58. The molecule has 0 saturated heterocycles. The molecule has 0 atom stereocenters. The lowest BCUT2D eigenvalue weighted by Gasteiger charge is -2.00. The molecule has 0 amide bonds. The molecule has 1 aromatic carbocycles. The van der Waals surface area contributed by atoms with E-state index in [0.717, 1.165) is 0 Å². The highest BCUT2D eigenvalue weighted by atomic mass is 28.2. The van der Waals surface area contributed by atoms with Crippen molar-refractivity contribution in [2.75, 3.05) is 0 Å². The molecule has 0 unspecified atom stereocenters. The Hall–Kier alpha value is -0.346. The van der Waals surface area contributed by atoms with Crippen LogP contribution in [0.2, 0.25) is 12.1 Å². The highest BCUT2D eigenvalue weighted by Crippen LogP contribution is 1.84. The Labute approximate surface area is 80.0 Å². The molecule has 0 radical (unpaired) electrons. The first-order chi connectivity index (χ1) is 5.86.